The molecule has 0 radical (unpaired) electrons. The molecule has 4 aromatic rings. The van der Waals surface area contributed by atoms with Crippen LogP contribution in [0.5, 0.6) is 5.75 Å². The van der Waals surface area contributed by atoms with Crippen molar-refractivity contribution in [3.63, 3.8) is 0 Å². The van der Waals surface area contributed by atoms with Crippen molar-refractivity contribution in [2.24, 2.45) is 0 Å². The van der Waals surface area contributed by atoms with Crippen molar-refractivity contribution in [1.29, 1.82) is 5.26 Å². The molecule has 1 aromatic heterocycles. The van der Waals surface area contributed by atoms with Gasteiger partial charge in [0, 0.05) is 5.56 Å². The fraction of sp³-hybridized carbons (Fsp3) is 0.172. The minimum atomic E-state index is -0.100. The van der Waals surface area contributed by atoms with Gasteiger partial charge in [-0.2, -0.15) is 5.26 Å². The van der Waals surface area contributed by atoms with Crippen molar-refractivity contribution >= 4 is 23.1 Å². The van der Waals surface area contributed by atoms with E-state index >= 15 is 0 Å². The lowest BCUT2D eigenvalue weighted by Crippen LogP contribution is -2.11. The molecule has 4 nitrogen and oxygen atoms in total. The Morgan fingerprint density at radius 1 is 0.909 bits per heavy atom. The number of nitriles is 1. The number of rotatable bonds is 5. The first kappa shape index (κ1) is 20.8. The number of nitrogens with zero attached hydrogens (tertiary/aromatic N) is 1. The Morgan fingerprint density at radius 2 is 1.64 bits per heavy atom. The quantitative estimate of drug-likeness (QED) is 0.346. The van der Waals surface area contributed by atoms with E-state index in [0.717, 1.165) is 24.2 Å². The lowest BCUT2D eigenvalue weighted by atomic mass is 10.00. The van der Waals surface area contributed by atoms with Gasteiger partial charge in [0.25, 0.3) is 0 Å². The molecule has 0 N–H and O–H groups in total. The predicted octanol–water partition coefficient (Wildman–Crippen LogP) is 6.82. The largest absolute Gasteiger partial charge is 0.490 e. The lowest BCUT2D eigenvalue weighted by molar-refractivity contribution is 0.209. The van der Waals surface area contributed by atoms with Crippen LogP contribution in [0.25, 0.3) is 34.2 Å². The zero-order valence-corrected chi connectivity index (χ0v) is 18.2. The molecule has 3 aromatic carbocycles. The molecule has 1 saturated carbocycles. The fourth-order valence-electron chi connectivity index (χ4n) is 4.34. The van der Waals surface area contributed by atoms with Crippen molar-refractivity contribution < 1.29 is 9.15 Å². The summed E-state index contributed by atoms with van der Waals surface area (Å²) in [6, 6.07) is 24.3. The van der Waals surface area contributed by atoms with Gasteiger partial charge < -0.3 is 9.15 Å². The smallest absolute Gasteiger partial charge is 0.201 e. The van der Waals surface area contributed by atoms with Gasteiger partial charge in [-0.05, 0) is 73.7 Å². The van der Waals surface area contributed by atoms with E-state index in [0.29, 0.717) is 33.4 Å². The molecule has 1 aliphatic rings. The van der Waals surface area contributed by atoms with E-state index < -0.39 is 0 Å². The summed E-state index contributed by atoms with van der Waals surface area (Å²) in [5.74, 6) is 1.31. The second-order valence-corrected chi connectivity index (χ2v) is 8.25. The Labute approximate surface area is 192 Å². The van der Waals surface area contributed by atoms with Crippen molar-refractivity contribution in [3.05, 3.63) is 99.9 Å². The van der Waals surface area contributed by atoms with Gasteiger partial charge in [-0.3, -0.25) is 4.79 Å². The molecule has 0 unspecified atom stereocenters. The molecule has 1 heterocycles. The Kier molecular flexibility index (Phi) is 5.78. The number of fused-ring (bicyclic) bond motifs is 1. The van der Waals surface area contributed by atoms with E-state index in [1.807, 2.05) is 48.6 Å². The molecule has 0 aliphatic heterocycles. The molecule has 33 heavy (non-hydrogen) atoms. The van der Waals surface area contributed by atoms with Crippen LogP contribution in [0.3, 0.4) is 0 Å². The van der Waals surface area contributed by atoms with Crippen LogP contribution in [0.1, 0.15) is 42.6 Å². The molecule has 0 atom stereocenters. The summed E-state index contributed by atoms with van der Waals surface area (Å²) in [4.78, 5) is 13.4. The standard InChI is InChI=1S/C29H23NO3/c30-19-20-13-15-22(16-14-20)28-27(33-26-12-6-4-10-24(26)29(28)31)18-17-21-7-1-5-11-25(21)32-23-8-2-3-9-23/h1,4-7,10-18,23H,2-3,8-9H2/b18-17+. The van der Waals surface area contributed by atoms with Crippen LogP contribution >= 0.6 is 0 Å². The average Bonchev–Trinajstić information content (AvgIpc) is 3.37. The summed E-state index contributed by atoms with van der Waals surface area (Å²) >= 11 is 0. The zero-order chi connectivity index (χ0) is 22.6. The van der Waals surface area contributed by atoms with E-state index in [4.69, 9.17) is 14.4 Å². The second-order valence-electron chi connectivity index (χ2n) is 8.25. The maximum absolute atomic E-state index is 13.4. The van der Waals surface area contributed by atoms with Crippen LogP contribution in [-0.2, 0) is 0 Å². The van der Waals surface area contributed by atoms with Crippen molar-refractivity contribution in [2.75, 3.05) is 0 Å². The van der Waals surface area contributed by atoms with Gasteiger partial charge in [-0.1, -0.05) is 42.5 Å². The first-order chi connectivity index (χ1) is 16.2. The van der Waals surface area contributed by atoms with Gasteiger partial charge in [0.05, 0.1) is 28.7 Å². The number of hydrogen-bond acceptors (Lipinski definition) is 4. The third-order valence-electron chi connectivity index (χ3n) is 6.06. The minimum Gasteiger partial charge on any atom is -0.490 e. The fourth-order valence-corrected chi connectivity index (χ4v) is 4.34. The first-order valence-corrected chi connectivity index (χ1v) is 11.2. The predicted molar refractivity (Wildman–Crippen MR) is 131 cm³/mol. The summed E-state index contributed by atoms with van der Waals surface area (Å²) in [6.07, 6.45) is 8.61. The van der Waals surface area contributed by atoms with Gasteiger partial charge in [0.1, 0.15) is 17.1 Å². The lowest BCUT2D eigenvalue weighted by Gasteiger charge is -2.15. The molecule has 1 fully saturated rings. The number of para-hydroxylation sites is 2. The van der Waals surface area contributed by atoms with Crippen molar-refractivity contribution in [3.8, 4) is 22.9 Å². The first-order valence-electron chi connectivity index (χ1n) is 11.2. The van der Waals surface area contributed by atoms with Gasteiger partial charge in [0.15, 0.2) is 0 Å². The van der Waals surface area contributed by atoms with Crippen LogP contribution in [-0.4, -0.2) is 6.10 Å². The van der Waals surface area contributed by atoms with Crippen LogP contribution in [0.4, 0.5) is 0 Å². The van der Waals surface area contributed by atoms with E-state index in [9.17, 15) is 4.79 Å². The average molecular weight is 434 g/mol. The summed E-state index contributed by atoms with van der Waals surface area (Å²) < 4.78 is 12.4. The monoisotopic (exact) mass is 433 g/mol. The molecular formula is C29H23NO3. The molecule has 0 saturated heterocycles. The third kappa shape index (κ3) is 4.31. The van der Waals surface area contributed by atoms with Crippen molar-refractivity contribution in [1.82, 2.24) is 0 Å². The van der Waals surface area contributed by atoms with Crippen molar-refractivity contribution in [2.45, 2.75) is 31.8 Å². The SMILES string of the molecule is N#Cc1ccc(-c2c(/C=C/c3ccccc3OC3CCCC3)oc3ccccc3c2=O)cc1. The Morgan fingerprint density at radius 3 is 2.42 bits per heavy atom. The highest BCUT2D eigenvalue weighted by Crippen LogP contribution is 2.30. The van der Waals surface area contributed by atoms with Crippen LogP contribution in [0, 0.1) is 11.3 Å². The van der Waals surface area contributed by atoms with E-state index in [1.54, 1.807) is 36.4 Å². The van der Waals surface area contributed by atoms with Crippen LogP contribution in [0.2, 0.25) is 0 Å². The molecule has 0 spiro atoms. The molecule has 5 rings (SSSR count). The highest BCUT2D eigenvalue weighted by atomic mass is 16.5. The number of ether oxygens (including phenoxy) is 1. The highest BCUT2D eigenvalue weighted by molar-refractivity contribution is 5.87. The summed E-state index contributed by atoms with van der Waals surface area (Å²) in [6.45, 7) is 0. The Hall–Kier alpha value is -4.10. The minimum absolute atomic E-state index is 0.100. The Balaban J connectivity index is 1.60. The molecule has 0 bridgehead atoms. The van der Waals surface area contributed by atoms with E-state index in [1.165, 1.54) is 12.8 Å². The summed E-state index contributed by atoms with van der Waals surface area (Å²) in [5, 5.41) is 9.66. The highest BCUT2D eigenvalue weighted by Gasteiger charge is 2.18. The molecule has 162 valence electrons. The zero-order valence-electron chi connectivity index (χ0n) is 18.2. The van der Waals surface area contributed by atoms with E-state index in [2.05, 4.69) is 6.07 Å². The molecule has 0 amide bonds. The number of benzene rings is 3. The second kappa shape index (κ2) is 9.18. The normalized spacial score (nSPS) is 14.0. The van der Waals surface area contributed by atoms with Crippen LogP contribution < -0.4 is 10.2 Å². The van der Waals surface area contributed by atoms with E-state index in [-0.39, 0.29) is 11.5 Å². The van der Waals surface area contributed by atoms with Gasteiger partial charge in [-0.15, -0.1) is 0 Å². The topological polar surface area (TPSA) is 63.2 Å². The number of hydrogen-bond donors (Lipinski definition) is 0. The molecular weight excluding hydrogens is 410 g/mol. The summed E-state index contributed by atoms with van der Waals surface area (Å²) in [5.41, 5.74) is 3.10. The maximum Gasteiger partial charge on any atom is 0.201 e. The van der Waals surface area contributed by atoms with Gasteiger partial charge >= 0.3 is 0 Å². The maximum atomic E-state index is 13.4. The summed E-state index contributed by atoms with van der Waals surface area (Å²) in [7, 11) is 0. The third-order valence-corrected chi connectivity index (χ3v) is 6.06. The molecule has 1 aliphatic carbocycles. The van der Waals surface area contributed by atoms with Gasteiger partial charge in [-0.25, -0.2) is 0 Å². The van der Waals surface area contributed by atoms with Gasteiger partial charge in [0.2, 0.25) is 5.43 Å². The Bertz CT molecular complexity index is 1420. The molecule has 4 heteroatoms. The van der Waals surface area contributed by atoms with Crippen LogP contribution in [0.15, 0.2) is 82.0 Å².